The number of carbonyl (C=O) groups is 2. The third-order valence-corrected chi connectivity index (χ3v) is 6.02. The number of halogens is 1. The number of nitrogen functional groups attached to an aromatic ring is 1. The zero-order valence-corrected chi connectivity index (χ0v) is 22.1. The van der Waals surface area contributed by atoms with Crippen LogP contribution in [-0.4, -0.2) is 40.4 Å². The Hall–Kier alpha value is -4.37. The van der Waals surface area contributed by atoms with Crippen LogP contribution in [0.1, 0.15) is 35.1 Å². The highest BCUT2D eigenvalue weighted by Gasteiger charge is 2.20. The van der Waals surface area contributed by atoms with Gasteiger partial charge in [-0.1, -0.05) is 18.2 Å². The van der Waals surface area contributed by atoms with Gasteiger partial charge in [0.15, 0.2) is 0 Å². The summed E-state index contributed by atoms with van der Waals surface area (Å²) < 4.78 is 7.03. The molecule has 0 aliphatic heterocycles. The van der Waals surface area contributed by atoms with Crippen molar-refractivity contribution in [2.24, 2.45) is 12.8 Å². The standard InChI is InChI=1S/C28H30N6O3.ClH/c1-3-37-26(35)15-16-34(22-7-5-4-6-8-22)28(36)20-11-14-24-23(17-20)32-25(33(24)2)18-31-21-12-9-19(10-13-21)27(29)30;/h4-14,17,31H,3,15-16,18H2,1-2H3,(H3,29,30);1H. The molecule has 0 atom stereocenters. The van der Waals surface area contributed by atoms with Crippen LogP contribution in [0.15, 0.2) is 72.8 Å². The van der Waals surface area contributed by atoms with Crippen LogP contribution >= 0.6 is 12.4 Å². The molecule has 9 nitrogen and oxygen atoms in total. The van der Waals surface area contributed by atoms with Crippen LogP contribution in [0.2, 0.25) is 0 Å². The maximum Gasteiger partial charge on any atom is 0.307 e. The fourth-order valence-corrected chi connectivity index (χ4v) is 4.04. The van der Waals surface area contributed by atoms with Crippen LogP contribution in [0.4, 0.5) is 11.4 Å². The molecule has 0 saturated heterocycles. The number of rotatable bonds is 10. The van der Waals surface area contributed by atoms with Crippen molar-refractivity contribution in [3.05, 3.63) is 89.7 Å². The number of fused-ring (bicyclic) bond motifs is 1. The zero-order valence-electron chi connectivity index (χ0n) is 21.3. The number of esters is 1. The molecule has 10 heteroatoms. The van der Waals surface area contributed by atoms with Gasteiger partial charge >= 0.3 is 5.97 Å². The molecule has 0 saturated carbocycles. The second-order valence-corrected chi connectivity index (χ2v) is 8.48. The second kappa shape index (κ2) is 12.7. The first kappa shape index (κ1) is 28.2. The summed E-state index contributed by atoms with van der Waals surface area (Å²) in [5.41, 5.74) is 9.86. The average molecular weight is 535 g/mol. The number of amidine groups is 1. The van der Waals surface area contributed by atoms with Crippen molar-refractivity contribution in [1.82, 2.24) is 9.55 Å². The number of anilines is 2. The van der Waals surface area contributed by atoms with E-state index in [1.165, 1.54) is 0 Å². The van der Waals surface area contributed by atoms with Gasteiger partial charge in [-0.25, -0.2) is 4.98 Å². The number of nitrogens with two attached hydrogens (primary N) is 1. The molecule has 0 aliphatic carbocycles. The normalized spacial score (nSPS) is 10.5. The van der Waals surface area contributed by atoms with Crippen molar-refractivity contribution >= 4 is 52.5 Å². The number of carbonyl (C=O) groups excluding carboxylic acids is 2. The maximum atomic E-state index is 13.5. The highest BCUT2D eigenvalue weighted by Crippen LogP contribution is 2.22. The van der Waals surface area contributed by atoms with E-state index in [0.29, 0.717) is 35.5 Å². The number of imidazole rings is 1. The number of aromatic nitrogens is 2. The molecule has 3 aromatic carbocycles. The lowest BCUT2D eigenvalue weighted by Crippen LogP contribution is -2.33. The van der Waals surface area contributed by atoms with Gasteiger partial charge in [0.05, 0.1) is 30.6 Å². The molecule has 0 bridgehead atoms. The van der Waals surface area contributed by atoms with Crippen LogP contribution in [0.5, 0.6) is 0 Å². The summed E-state index contributed by atoms with van der Waals surface area (Å²) in [5.74, 6) is 0.272. The first-order chi connectivity index (χ1) is 17.9. The fourth-order valence-electron chi connectivity index (χ4n) is 4.04. The van der Waals surface area contributed by atoms with Crippen molar-refractivity contribution in [1.29, 1.82) is 5.41 Å². The Morgan fingerprint density at radius 2 is 1.74 bits per heavy atom. The molecule has 0 unspecified atom stereocenters. The first-order valence-electron chi connectivity index (χ1n) is 12.0. The molecule has 4 rings (SSSR count). The van der Waals surface area contributed by atoms with Gasteiger partial charge in [-0.3, -0.25) is 15.0 Å². The molecule has 4 N–H and O–H groups in total. The molecule has 0 fully saturated rings. The van der Waals surface area contributed by atoms with Gasteiger partial charge in [0.1, 0.15) is 11.7 Å². The second-order valence-electron chi connectivity index (χ2n) is 8.48. The number of hydrogen-bond acceptors (Lipinski definition) is 6. The van der Waals surface area contributed by atoms with Gasteiger partial charge in [-0.15, -0.1) is 12.4 Å². The molecular weight excluding hydrogens is 504 g/mol. The molecule has 0 spiro atoms. The van der Waals surface area contributed by atoms with Crippen LogP contribution in [0, 0.1) is 5.41 Å². The van der Waals surface area contributed by atoms with Crippen molar-refractivity contribution in [3.63, 3.8) is 0 Å². The zero-order chi connectivity index (χ0) is 26.4. The molecule has 1 aromatic heterocycles. The van der Waals surface area contributed by atoms with Crippen molar-refractivity contribution in [3.8, 4) is 0 Å². The Labute approximate surface area is 227 Å². The molecule has 38 heavy (non-hydrogen) atoms. The number of para-hydroxylation sites is 1. The van der Waals surface area contributed by atoms with E-state index in [2.05, 4.69) is 5.32 Å². The van der Waals surface area contributed by atoms with E-state index in [4.69, 9.17) is 20.9 Å². The number of hydrogen-bond donors (Lipinski definition) is 3. The number of benzene rings is 3. The van der Waals surface area contributed by atoms with E-state index in [1.807, 2.05) is 60.1 Å². The highest BCUT2D eigenvalue weighted by atomic mass is 35.5. The van der Waals surface area contributed by atoms with Crippen molar-refractivity contribution in [2.75, 3.05) is 23.4 Å². The number of nitrogens with one attached hydrogen (secondary N) is 2. The first-order valence-corrected chi connectivity index (χ1v) is 12.0. The largest absolute Gasteiger partial charge is 0.466 e. The molecule has 1 amide bonds. The third kappa shape index (κ3) is 6.49. The van der Waals surface area contributed by atoms with Crippen molar-refractivity contribution < 1.29 is 14.3 Å². The smallest absolute Gasteiger partial charge is 0.307 e. The van der Waals surface area contributed by atoms with E-state index in [0.717, 1.165) is 17.0 Å². The summed E-state index contributed by atoms with van der Waals surface area (Å²) in [5, 5.41) is 10.8. The Balaban J connectivity index is 0.00000400. The molecule has 4 aromatic rings. The summed E-state index contributed by atoms with van der Waals surface area (Å²) in [6.07, 6.45) is 0.101. The Morgan fingerprint density at radius 3 is 2.39 bits per heavy atom. The lowest BCUT2D eigenvalue weighted by atomic mass is 10.1. The van der Waals surface area contributed by atoms with Gasteiger partial charge in [-0.2, -0.15) is 0 Å². The summed E-state index contributed by atoms with van der Waals surface area (Å²) in [6.45, 7) is 2.74. The lowest BCUT2D eigenvalue weighted by molar-refractivity contribution is -0.142. The topological polar surface area (TPSA) is 126 Å². The van der Waals surface area contributed by atoms with Gasteiger partial charge in [0, 0.05) is 36.1 Å². The minimum atomic E-state index is -0.343. The molecule has 0 radical (unpaired) electrons. The average Bonchev–Trinajstić information content (AvgIpc) is 3.23. The quantitative estimate of drug-likeness (QED) is 0.156. The molecule has 0 aliphatic rings. The minimum absolute atomic E-state index is 0. The fraction of sp³-hybridized carbons (Fsp3) is 0.214. The van der Waals surface area contributed by atoms with Crippen LogP contribution < -0.4 is 16.0 Å². The Morgan fingerprint density at radius 1 is 1.05 bits per heavy atom. The predicted octanol–water partition coefficient (Wildman–Crippen LogP) is 4.49. The van der Waals surface area contributed by atoms with E-state index in [1.54, 1.807) is 36.1 Å². The summed E-state index contributed by atoms with van der Waals surface area (Å²) in [6, 6.07) is 22.0. The van der Waals surface area contributed by atoms with E-state index in [-0.39, 0.29) is 43.1 Å². The number of nitrogens with zero attached hydrogens (tertiary/aromatic N) is 3. The maximum absolute atomic E-state index is 13.5. The van der Waals surface area contributed by atoms with Crippen molar-refractivity contribution in [2.45, 2.75) is 19.9 Å². The SMILES string of the molecule is CCOC(=O)CCN(C(=O)c1ccc2c(c1)nc(CNc1ccc(C(=N)N)cc1)n2C)c1ccccc1.Cl. The summed E-state index contributed by atoms with van der Waals surface area (Å²) >= 11 is 0. The minimum Gasteiger partial charge on any atom is -0.466 e. The van der Waals surface area contributed by atoms with Gasteiger partial charge in [-0.05, 0) is 61.5 Å². The summed E-state index contributed by atoms with van der Waals surface area (Å²) in [7, 11) is 1.93. The van der Waals surface area contributed by atoms with Crippen LogP contribution in [0.3, 0.4) is 0 Å². The monoisotopic (exact) mass is 534 g/mol. The van der Waals surface area contributed by atoms with E-state index >= 15 is 0 Å². The third-order valence-electron chi connectivity index (χ3n) is 6.02. The van der Waals surface area contributed by atoms with Gasteiger partial charge in [0.2, 0.25) is 0 Å². The predicted molar refractivity (Wildman–Crippen MR) is 152 cm³/mol. The van der Waals surface area contributed by atoms with E-state index < -0.39 is 0 Å². The Bertz CT molecular complexity index is 1420. The highest BCUT2D eigenvalue weighted by molar-refractivity contribution is 6.07. The Kier molecular flexibility index (Phi) is 9.45. The molecular formula is C28H31ClN6O3. The van der Waals surface area contributed by atoms with Gasteiger partial charge in [0.25, 0.3) is 5.91 Å². The van der Waals surface area contributed by atoms with Gasteiger partial charge < -0.3 is 25.3 Å². The number of aryl methyl sites for hydroxylation is 1. The molecule has 1 heterocycles. The molecule has 198 valence electrons. The number of amides is 1. The van der Waals surface area contributed by atoms with Crippen LogP contribution in [-0.2, 0) is 23.1 Å². The van der Waals surface area contributed by atoms with Crippen LogP contribution in [0.25, 0.3) is 11.0 Å². The van der Waals surface area contributed by atoms with E-state index in [9.17, 15) is 9.59 Å². The number of ether oxygens (including phenoxy) is 1. The lowest BCUT2D eigenvalue weighted by Gasteiger charge is -2.22. The summed E-state index contributed by atoms with van der Waals surface area (Å²) in [4.78, 5) is 31.8.